The van der Waals surface area contributed by atoms with E-state index in [0.29, 0.717) is 19.0 Å². The Bertz CT molecular complexity index is 682. The molecule has 1 aliphatic rings. The van der Waals surface area contributed by atoms with Gasteiger partial charge in [0.25, 0.3) is 5.91 Å². The zero-order valence-corrected chi connectivity index (χ0v) is 14.4. The van der Waals surface area contributed by atoms with E-state index >= 15 is 0 Å². The maximum atomic E-state index is 11.9. The Hall–Kier alpha value is -2.67. The van der Waals surface area contributed by atoms with Gasteiger partial charge in [0, 0.05) is 38.1 Å². The van der Waals surface area contributed by atoms with Crippen molar-refractivity contribution in [2.45, 2.75) is 12.8 Å². The molecule has 0 saturated carbocycles. The number of nitrogens with one attached hydrogen (secondary N) is 2. The Balaban J connectivity index is 1.56. The van der Waals surface area contributed by atoms with Crippen LogP contribution in [0, 0.1) is 0 Å². The molecule has 25 heavy (non-hydrogen) atoms. The second-order valence-electron chi connectivity index (χ2n) is 5.92. The molecule has 7 nitrogen and oxygen atoms in total. The molecule has 1 aromatic carbocycles. The van der Waals surface area contributed by atoms with E-state index in [-0.39, 0.29) is 11.6 Å². The van der Waals surface area contributed by atoms with Gasteiger partial charge in [-0.05, 0) is 49.2 Å². The number of carbonyl (C=O) groups excluding carboxylic acids is 1. The molecule has 2 heterocycles. The fourth-order valence-corrected chi connectivity index (χ4v) is 2.76. The third-order valence-corrected chi connectivity index (χ3v) is 4.10. The van der Waals surface area contributed by atoms with Crippen molar-refractivity contribution in [3.63, 3.8) is 0 Å². The van der Waals surface area contributed by atoms with Crippen molar-refractivity contribution in [1.82, 2.24) is 15.5 Å². The highest BCUT2D eigenvalue weighted by molar-refractivity contribution is 5.92. The average Bonchev–Trinajstić information content (AvgIpc) is 3.18. The van der Waals surface area contributed by atoms with E-state index in [2.05, 4.69) is 37.9 Å². The number of aromatic nitrogens is 2. The second kappa shape index (κ2) is 8.43. The van der Waals surface area contributed by atoms with E-state index in [0.717, 1.165) is 18.8 Å². The first-order valence-electron chi connectivity index (χ1n) is 8.49. The average molecular weight is 341 g/mol. The van der Waals surface area contributed by atoms with Gasteiger partial charge in [-0.1, -0.05) is 0 Å². The molecule has 1 aromatic heterocycles. The normalized spacial score (nSPS) is 13.7. The minimum absolute atomic E-state index is 0.258. The molecule has 1 fully saturated rings. The molecule has 3 rings (SSSR count). The van der Waals surface area contributed by atoms with Crippen molar-refractivity contribution >= 4 is 23.1 Å². The lowest BCUT2D eigenvalue weighted by molar-refractivity contribution is 0.0931. The van der Waals surface area contributed by atoms with E-state index in [4.69, 9.17) is 4.74 Å². The molecule has 2 N–H and O–H groups in total. The summed E-state index contributed by atoms with van der Waals surface area (Å²) in [5.74, 6) is 0.341. The molecule has 0 bridgehead atoms. The van der Waals surface area contributed by atoms with Crippen molar-refractivity contribution in [1.29, 1.82) is 0 Å². The molecule has 0 aliphatic carbocycles. The molecule has 0 spiro atoms. The predicted octanol–water partition coefficient (Wildman–Crippen LogP) is 2.20. The van der Waals surface area contributed by atoms with Crippen LogP contribution < -0.4 is 15.5 Å². The topological polar surface area (TPSA) is 79.4 Å². The van der Waals surface area contributed by atoms with Gasteiger partial charge in [0.15, 0.2) is 11.5 Å². The summed E-state index contributed by atoms with van der Waals surface area (Å²) >= 11 is 0. The van der Waals surface area contributed by atoms with Gasteiger partial charge in [-0.25, -0.2) is 0 Å². The molecule has 0 atom stereocenters. The number of anilines is 3. The van der Waals surface area contributed by atoms with E-state index in [1.165, 1.54) is 18.5 Å². The lowest BCUT2D eigenvalue weighted by Crippen LogP contribution is -2.27. The van der Waals surface area contributed by atoms with E-state index in [1.807, 2.05) is 12.1 Å². The van der Waals surface area contributed by atoms with Crippen LogP contribution in [-0.4, -0.2) is 49.5 Å². The molecule has 1 saturated heterocycles. The zero-order valence-electron chi connectivity index (χ0n) is 14.4. The van der Waals surface area contributed by atoms with E-state index < -0.39 is 0 Å². The molecule has 2 aromatic rings. The van der Waals surface area contributed by atoms with Crippen LogP contribution in [0.3, 0.4) is 0 Å². The molecule has 1 aliphatic heterocycles. The number of ether oxygens (including phenoxy) is 1. The minimum Gasteiger partial charge on any atom is -0.383 e. The Labute approximate surface area is 147 Å². The number of hydrogen-bond acceptors (Lipinski definition) is 6. The molecular weight excluding hydrogens is 318 g/mol. The predicted molar refractivity (Wildman–Crippen MR) is 97.4 cm³/mol. The number of carbonyl (C=O) groups is 1. The second-order valence-corrected chi connectivity index (χ2v) is 5.92. The molecule has 132 valence electrons. The number of amides is 1. The number of methoxy groups -OCH3 is 1. The third-order valence-electron chi connectivity index (χ3n) is 4.10. The van der Waals surface area contributed by atoms with Crippen LogP contribution in [0.5, 0.6) is 0 Å². The summed E-state index contributed by atoms with van der Waals surface area (Å²) < 4.78 is 4.89. The standard InChI is InChI=1S/C18H23N5O2/c1-25-13-10-19-18(24)16-8-9-17(22-21-16)20-14-4-6-15(7-5-14)23-11-2-3-12-23/h4-9H,2-3,10-13H2,1H3,(H,19,24)(H,20,22). The lowest BCUT2D eigenvalue weighted by Gasteiger charge is -2.17. The monoisotopic (exact) mass is 341 g/mol. The quantitative estimate of drug-likeness (QED) is 0.752. The first-order chi connectivity index (χ1) is 12.3. The van der Waals surface area contributed by atoms with Crippen LogP contribution in [0.1, 0.15) is 23.3 Å². The lowest BCUT2D eigenvalue weighted by atomic mass is 10.2. The Kier molecular flexibility index (Phi) is 5.79. The number of nitrogens with zero attached hydrogens (tertiary/aromatic N) is 3. The van der Waals surface area contributed by atoms with Gasteiger partial charge >= 0.3 is 0 Å². The number of benzene rings is 1. The van der Waals surface area contributed by atoms with Crippen LogP contribution in [0.25, 0.3) is 0 Å². The van der Waals surface area contributed by atoms with Crippen molar-refractivity contribution in [2.24, 2.45) is 0 Å². The molecule has 1 amide bonds. The Morgan fingerprint density at radius 2 is 1.88 bits per heavy atom. The highest BCUT2D eigenvalue weighted by Crippen LogP contribution is 2.23. The van der Waals surface area contributed by atoms with Crippen LogP contribution in [0.2, 0.25) is 0 Å². The summed E-state index contributed by atoms with van der Waals surface area (Å²) in [5.41, 5.74) is 2.47. The smallest absolute Gasteiger partial charge is 0.271 e. The Morgan fingerprint density at radius 1 is 1.12 bits per heavy atom. The van der Waals surface area contributed by atoms with Gasteiger partial charge in [0.2, 0.25) is 0 Å². The SMILES string of the molecule is COCCNC(=O)c1ccc(Nc2ccc(N3CCCC3)cc2)nn1. The molecule has 7 heteroatoms. The fraction of sp³-hybridized carbons (Fsp3) is 0.389. The summed E-state index contributed by atoms with van der Waals surface area (Å²) in [4.78, 5) is 14.2. The maximum Gasteiger partial charge on any atom is 0.271 e. The first-order valence-corrected chi connectivity index (χ1v) is 8.49. The third kappa shape index (κ3) is 4.67. The van der Waals surface area contributed by atoms with Crippen molar-refractivity contribution in [3.05, 3.63) is 42.1 Å². The maximum absolute atomic E-state index is 11.9. The fourth-order valence-electron chi connectivity index (χ4n) is 2.76. The summed E-state index contributed by atoms with van der Waals surface area (Å²) in [5, 5.41) is 13.9. The number of hydrogen-bond donors (Lipinski definition) is 2. The van der Waals surface area contributed by atoms with Crippen LogP contribution in [0.4, 0.5) is 17.2 Å². The zero-order chi connectivity index (χ0) is 17.5. The van der Waals surface area contributed by atoms with E-state index in [9.17, 15) is 4.79 Å². The number of rotatable bonds is 7. The molecule has 0 unspecified atom stereocenters. The summed E-state index contributed by atoms with van der Waals surface area (Å²) in [6.07, 6.45) is 2.53. The molecular formula is C18H23N5O2. The highest BCUT2D eigenvalue weighted by Gasteiger charge is 2.12. The van der Waals surface area contributed by atoms with Gasteiger partial charge in [-0.2, -0.15) is 0 Å². The summed E-state index contributed by atoms with van der Waals surface area (Å²) in [6.45, 7) is 3.17. The van der Waals surface area contributed by atoms with Gasteiger partial charge in [-0.15, -0.1) is 10.2 Å². The van der Waals surface area contributed by atoms with Crippen molar-refractivity contribution in [2.75, 3.05) is 43.6 Å². The van der Waals surface area contributed by atoms with Gasteiger partial charge in [-0.3, -0.25) is 4.79 Å². The minimum atomic E-state index is -0.258. The highest BCUT2D eigenvalue weighted by atomic mass is 16.5. The summed E-state index contributed by atoms with van der Waals surface area (Å²) in [7, 11) is 1.59. The van der Waals surface area contributed by atoms with Gasteiger partial charge in [0.1, 0.15) is 0 Å². The van der Waals surface area contributed by atoms with Crippen molar-refractivity contribution < 1.29 is 9.53 Å². The first kappa shape index (κ1) is 17.2. The molecule has 0 radical (unpaired) electrons. The largest absolute Gasteiger partial charge is 0.383 e. The Morgan fingerprint density at radius 3 is 2.52 bits per heavy atom. The van der Waals surface area contributed by atoms with Crippen LogP contribution in [-0.2, 0) is 4.74 Å². The summed E-state index contributed by atoms with van der Waals surface area (Å²) in [6, 6.07) is 11.7. The van der Waals surface area contributed by atoms with Gasteiger partial charge < -0.3 is 20.3 Å². The van der Waals surface area contributed by atoms with Crippen molar-refractivity contribution in [3.8, 4) is 0 Å². The van der Waals surface area contributed by atoms with Crippen LogP contribution in [0.15, 0.2) is 36.4 Å². The van der Waals surface area contributed by atoms with Crippen LogP contribution >= 0.6 is 0 Å². The van der Waals surface area contributed by atoms with Gasteiger partial charge in [0.05, 0.1) is 6.61 Å². The van der Waals surface area contributed by atoms with E-state index in [1.54, 1.807) is 19.2 Å².